The van der Waals surface area contributed by atoms with E-state index in [1.807, 2.05) is 47.4 Å². The van der Waals surface area contributed by atoms with Gasteiger partial charge in [0.2, 0.25) is 0 Å². The molecule has 132 valence electrons. The Kier molecular flexibility index (Phi) is 5.00. The van der Waals surface area contributed by atoms with E-state index < -0.39 is 0 Å². The van der Waals surface area contributed by atoms with Crippen LogP contribution in [0, 0.1) is 0 Å². The van der Waals surface area contributed by atoms with Gasteiger partial charge in [-0.2, -0.15) is 0 Å². The van der Waals surface area contributed by atoms with Crippen molar-refractivity contribution in [2.45, 2.75) is 12.8 Å². The van der Waals surface area contributed by atoms with E-state index in [0.29, 0.717) is 5.75 Å². The first-order valence-electron chi connectivity index (χ1n) is 8.52. The van der Waals surface area contributed by atoms with E-state index >= 15 is 0 Å². The maximum absolute atomic E-state index is 12.7. The number of benzene rings is 3. The molecule has 4 rings (SSSR count). The quantitative estimate of drug-likeness (QED) is 0.485. The molecule has 0 aliphatic carbocycles. The Bertz CT molecular complexity index is 987. The van der Waals surface area contributed by atoms with Gasteiger partial charge in [-0.25, -0.2) is 0 Å². The molecular weight excluding hydrogens is 458 g/mol. The maximum Gasteiger partial charge on any atom is 0.264 e. The number of para-hydroxylation sites is 1. The Morgan fingerprint density at radius 1 is 1.08 bits per heavy atom. The van der Waals surface area contributed by atoms with Gasteiger partial charge in [0.1, 0.15) is 5.75 Å². The first kappa shape index (κ1) is 17.6. The van der Waals surface area contributed by atoms with Gasteiger partial charge in [0.25, 0.3) is 5.91 Å². The molecule has 1 amide bonds. The number of rotatable bonds is 3. The molecule has 1 heterocycles. The van der Waals surface area contributed by atoms with Gasteiger partial charge >= 0.3 is 0 Å². The number of amides is 1. The molecule has 3 aromatic carbocycles. The molecule has 0 unspecified atom stereocenters. The minimum absolute atomic E-state index is 0.0139. The summed E-state index contributed by atoms with van der Waals surface area (Å²) < 4.78 is 7.76. The van der Waals surface area contributed by atoms with Gasteiger partial charge in [0.05, 0.1) is 4.47 Å². The van der Waals surface area contributed by atoms with Gasteiger partial charge in [0, 0.05) is 16.7 Å². The van der Waals surface area contributed by atoms with E-state index in [1.165, 1.54) is 5.56 Å². The summed E-state index contributed by atoms with van der Waals surface area (Å²) in [6, 6.07) is 18.1. The molecule has 0 radical (unpaired) electrons. The van der Waals surface area contributed by atoms with Crippen molar-refractivity contribution in [3.8, 4) is 5.75 Å². The highest BCUT2D eigenvalue weighted by Crippen LogP contribution is 2.34. The molecule has 0 aromatic heterocycles. The molecule has 3 nitrogen and oxygen atoms in total. The topological polar surface area (TPSA) is 29.5 Å². The number of hydrogen-bond acceptors (Lipinski definition) is 2. The highest BCUT2D eigenvalue weighted by molar-refractivity contribution is 9.11. The Labute approximate surface area is 169 Å². The molecule has 3 aromatic rings. The number of carbonyl (C=O) groups is 1. The average molecular weight is 475 g/mol. The standard InChI is InChI=1S/C21H17Br2NO2/c22-16-8-9-17-15(12-16)7-10-19(21(17)23)26-13-20(25)24-11-3-5-14-4-1-2-6-18(14)24/h1-2,4,6-10,12H,3,5,11,13H2. The van der Waals surface area contributed by atoms with Crippen LogP contribution in [0.3, 0.4) is 0 Å². The van der Waals surface area contributed by atoms with E-state index in [1.54, 1.807) is 0 Å². The Morgan fingerprint density at radius 2 is 1.92 bits per heavy atom. The van der Waals surface area contributed by atoms with Crippen LogP contribution in [0.4, 0.5) is 5.69 Å². The van der Waals surface area contributed by atoms with E-state index in [-0.39, 0.29) is 12.5 Å². The number of ether oxygens (including phenoxy) is 1. The third-order valence-electron chi connectivity index (χ3n) is 4.64. The molecule has 0 saturated heterocycles. The number of anilines is 1. The largest absolute Gasteiger partial charge is 0.483 e. The van der Waals surface area contributed by atoms with Crippen LogP contribution in [0.25, 0.3) is 10.8 Å². The van der Waals surface area contributed by atoms with Crippen LogP contribution in [0.2, 0.25) is 0 Å². The van der Waals surface area contributed by atoms with Gasteiger partial charge in [-0.15, -0.1) is 0 Å². The summed E-state index contributed by atoms with van der Waals surface area (Å²) in [6.07, 6.45) is 2.00. The SMILES string of the molecule is O=C(COc1ccc2cc(Br)ccc2c1Br)N1CCCc2ccccc21. The zero-order chi connectivity index (χ0) is 18.1. The van der Waals surface area contributed by atoms with Crippen molar-refractivity contribution in [2.75, 3.05) is 18.1 Å². The maximum atomic E-state index is 12.7. The summed E-state index contributed by atoms with van der Waals surface area (Å²) >= 11 is 7.10. The monoisotopic (exact) mass is 473 g/mol. The Morgan fingerprint density at radius 3 is 2.81 bits per heavy atom. The van der Waals surface area contributed by atoms with Crippen molar-refractivity contribution in [3.63, 3.8) is 0 Å². The molecule has 0 saturated carbocycles. The van der Waals surface area contributed by atoms with Crippen LogP contribution in [0.1, 0.15) is 12.0 Å². The molecule has 0 spiro atoms. The number of nitrogens with zero attached hydrogens (tertiary/aromatic N) is 1. The molecule has 0 fully saturated rings. The molecule has 5 heteroatoms. The van der Waals surface area contributed by atoms with Crippen LogP contribution in [0.5, 0.6) is 5.75 Å². The molecule has 0 N–H and O–H groups in total. The van der Waals surface area contributed by atoms with Gasteiger partial charge in [-0.1, -0.05) is 46.3 Å². The number of fused-ring (bicyclic) bond motifs is 2. The van der Waals surface area contributed by atoms with Crippen LogP contribution >= 0.6 is 31.9 Å². The smallest absolute Gasteiger partial charge is 0.264 e. The normalized spacial score (nSPS) is 13.5. The van der Waals surface area contributed by atoms with Crippen molar-refractivity contribution in [1.82, 2.24) is 0 Å². The first-order valence-corrected chi connectivity index (χ1v) is 10.1. The minimum atomic E-state index is -0.0139. The zero-order valence-corrected chi connectivity index (χ0v) is 17.2. The minimum Gasteiger partial charge on any atom is -0.483 e. The zero-order valence-electron chi connectivity index (χ0n) is 14.0. The highest BCUT2D eigenvalue weighted by atomic mass is 79.9. The van der Waals surface area contributed by atoms with Gasteiger partial charge in [-0.05, 0) is 69.4 Å². The van der Waals surface area contributed by atoms with Gasteiger partial charge in [0.15, 0.2) is 6.61 Å². The van der Waals surface area contributed by atoms with E-state index in [4.69, 9.17) is 4.74 Å². The van der Waals surface area contributed by atoms with Crippen LogP contribution in [-0.4, -0.2) is 19.1 Å². The number of aryl methyl sites for hydroxylation is 1. The third-order valence-corrected chi connectivity index (χ3v) is 5.95. The fourth-order valence-electron chi connectivity index (χ4n) is 3.36. The Hall–Kier alpha value is -1.85. The molecule has 0 bridgehead atoms. The molecule has 1 aliphatic rings. The molecule has 1 aliphatic heterocycles. The molecule has 0 atom stereocenters. The van der Waals surface area contributed by atoms with Crippen LogP contribution < -0.4 is 9.64 Å². The second kappa shape index (κ2) is 7.41. The molecular formula is C21H17Br2NO2. The van der Waals surface area contributed by atoms with E-state index in [0.717, 1.165) is 44.8 Å². The number of carbonyl (C=O) groups excluding carboxylic acids is 1. The number of halogens is 2. The summed E-state index contributed by atoms with van der Waals surface area (Å²) in [5.74, 6) is 0.665. The lowest BCUT2D eigenvalue weighted by atomic mass is 10.0. The number of hydrogen-bond donors (Lipinski definition) is 0. The fourth-order valence-corrected chi connectivity index (χ4v) is 4.35. The van der Waals surface area contributed by atoms with E-state index in [9.17, 15) is 4.79 Å². The summed E-state index contributed by atoms with van der Waals surface area (Å²) in [5.41, 5.74) is 2.24. The van der Waals surface area contributed by atoms with Crippen molar-refractivity contribution in [1.29, 1.82) is 0 Å². The highest BCUT2D eigenvalue weighted by Gasteiger charge is 2.22. The lowest BCUT2D eigenvalue weighted by Crippen LogP contribution is -2.38. The lowest BCUT2D eigenvalue weighted by Gasteiger charge is -2.29. The van der Waals surface area contributed by atoms with Crippen LogP contribution in [0.15, 0.2) is 63.5 Å². The van der Waals surface area contributed by atoms with Crippen molar-refractivity contribution >= 4 is 54.2 Å². The summed E-state index contributed by atoms with van der Waals surface area (Å²) in [6.45, 7) is 0.765. The predicted molar refractivity (Wildman–Crippen MR) is 112 cm³/mol. The molecule has 26 heavy (non-hydrogen) atoms. The van der Waals surface area contributed by atoms with Crippen molar-refractivity contribution in [3.05, 3.63) is 69.1 Å². The summed E-state index contributed by atoms with van der Waals surface area (Å²) in [4.78, 5) is 14.6. The van der Waals surface area contributed by atoms with Crippen molar-refractivity contribution < 1.29 is 9.53 Å². The fraction of sp³-hybridized carbons (Fsp3) is 0.190. The third kappa shape index (κ3) is 3.38. The predicted octanol–water partition coefficient (Wildman–Crippen LogP) is 5.72. The second-order valence-corrected chi connectivity index (χ2v) is 8.02. The Balaban J connectivity index is 1.53. The first-order chi connectivity index (χ1) is 12.6. The van der Waals surface area contributed by atoms with Gasteiger partial charge in [-0.3, -0.25) is 4.79 Å². The van der Waals surface area contributed by atoms with Gasteiger partial charge < -0.3 is 9.64 Å². The lowest BCUT2D eigenvalue weighted by molar-refractivity contribution is -0.120. The summed E-state index contributed by atoms with van der Waals surface area (Å²) in [5, 5.41) is 2.16. The summed E-state index contributed by atoms with van der Waals surface area (Å²) in [7, 11) is 0. The average Bonchev–Trinajstić information content (AvgIpc) is 2.66. The van der Waals surface area contributed by atoms with E-state index in [2.05, 4.69) is 44.0 Å². The van der Waals surface area contributed by atoms with Crippen LogP contribution in [-0.2, 0) is 11.2 Å². The second-order valence-electron chi connectivity index (χ2n) is 6.31. The van der Waals surface area contributed by atoms with Crippen molar-refractivity contribution in [2.24, 2.45) is 0 Å².